The molecule has 0 unspecified atom stereocenters. The second-order valence-electron chi connectivity index (χ2n) is 3.76. The van der Waals surface area contributed by atoms with Crippen LogP contribution in [0.1, 0.15) is 38.8 Å². The van der Waals surface area contributed by atoms with Gasteiger partial charge >= 0.3 is 0 Å². The summed E-state index contributed by atoms with van der Waals surface area (Å²) in [5, 5.41) is 13.1. The van der Waals surface area contributed by atoms with Gasteiger partial charge in [0.25, 0.3) is 0 Å². The summed E-state index contributed by atoms with van der Waals surface area (Å²) in [7, 11) is 0. The maximum atomic E-state index is 9.63. The number of hydrogen-bond acceptors (Lipinski definition) is 2. The molecule has 2 nitrogen and oxygen atoms in total. The minimum atomic E-state index is 0.200. The molecule has 2 atom stereocenters. The Kier molecular flexibility index (Phi) is 3.96. The van der Waals surface area contributed by atoms with E-state index in [-0.39, 0.29) is 6.04 Å². The molecule has 1 rings (SSSR count). The van der Waals surface area contributed by atoms with Crippen LogP contribution < -0.4 is 5.32 Å². The molecule has 0 spiro atoms. The summed E-state index contributed by atoms with van der Waals surface area (Å²) >= 11 is 0. The van der Waals surface area contributed by atoms with Crippen LogP contribution in [0, 0.1) is 0 Å². The average molecular weight is 193 g/mol. The van der Waals surface area contributed by atoms with E-state index in [1.165, 1.54) is 0 Å². The van der Waals surface area contributed by atoms with E-state index in [0.717, 1.165) is 12.0 Å². The smallest absolute Gasteiger partial charge is 0.120 e. The number of rotatable bonds is 4. The fraction of sp³-hybridized carbons (Fsp3) is 0.500. The maximum absolute atomic E-state index is 9.63. The van der Waals surface area contributed by atoms with Gasteiger partial charge in [0.05, 0.1) is 0 Å². The van der Waals surface area contributed by atoms with Gasteiger partial charge in [-0.3, -0.25) is 0 Å². The van der Waals surface area contributed by atoms with E-state index in [0.29, 0.717) is 11.8 Å². The Morgan fingerprint density at radius 2 is 1.93 bits per heavy atom. The molecule has 14 heavy (non-hydrogen) atoms. The highest BCUT2D eigenvalue weighted by atomic mass is 16.3. The van der Waals surface area contributed by atoms with Gasteiger partial charge in [-0.15, -0.1) is 0 Å². The van der Waals surface area contributed by atoms with Gasteiger partial charge in [0.15, 0.2) is 0 Å². The molecule has 2 N–H and O–H groups in total. The van der Waals surface area contributed by atoms with Gasteiger partial charge in [-0.25, -0.2) is 0 Å². The number of hydrogen-bond donors (Lipinski definition) is 2. The molecular weight excluding hydrogens is 174 g/mol. The van der Waals surface area contributed by atoms with Crippen molar-refractivity contribution in [1.82, 2.24) is 5.32 Å². The van der Waals surface area contributed by atoms with E-state index in [4.69, 9.17) is 0 Å². The van der Waals surface area contributed by atoms with Crippen molar-refractivity contribution in [2.45, 2.75) is 39.3 Å². The Morgan fingerprint density at radius 3 is 2.50 bits per heavy atom. The molecule has 0 saturated heterocycles. The molecule has 0 saturated carbocycles. The molecule has 0 fully saturated rings. The van der Waals surface area contributed by atoms with Crippen molar-refractivity contribution < 1.29 is 5.11 Å². The second-order valence-corrected chi connectivity index (χ2v) is 3.76. The van der Waals surface area contributed by atoms with Crippen LogP contribution in [0.2, 0.25) is 0 Å². The van der Waals surface area contributed by atoms with Gasteiger partial charge in [0.1, 0.15) is 5.75 Å². The molecule has 0 aliphatic carbocycles. The Morgan fingerprint density at radius 1 is 1.29 bits per heavy atom. The summed E-state index contributed by atoms with van der Waals surface area (Å²) in [4.78, 5) is 0. The van der Waals surface area contributed by atoms with Gasteiger partial charge in [0.2, 0.25) is 0 Å². The van der Waals surface area contributed by atoms with Gasteiger partial charge in [0, 0.05) is 17.6 Å². The lowest BCUT2D eigenvalue weighted by atomic mass is 10.1. The van der Waals surface area contributed by atoms with Crippen molar-refractivity contribution in [2.75, 3.05) is 0 Å². The molecule has 0 aliphatic heterocycles. The zero-order valence-corrected chi connectivity index (χ0v) is 9.12. The average Bonchev–Trinajstić information content (AvgIpc) is 2.18. The van der Waals surface area contributed by atoms with Crippen LogP contribution in [-0.4, -0.2) is 11.1 Å². The van der Waals surface area contributed by atoms with Crippen LogP contribution in [0.15, 0.2) is 24.3 Å². The molecule has 0 aliphatic rings. The predicted molar refractivity (Wildman–Crippen MR) is 59.4 cm³/mol. The van der Waals surface area contributed by atoms with Crippen LogP contribution >= 0.6 is 0 Å². The lowest BCUT2D eigenvalue weighted by molar-refractivity contribution is 0.430. The fourth-order valence-corrected chi connectivity index (χ4v) is 1.49. The van der Waals surface area contributed by atoms with E-state index in [1.807, 2.05) is 18.2 Å². The number of benzene rings is 1. The van der Waals surface area contributed by atoms with Crippen LogP contribution in [0.25, 0.3) is 0 Å². The topological polar surface area (TPSA) is 32.3 Å². The Labute approximate surface area is 86.0 Å². The highest BCUT2D eigenvalue weighted by Crippen LogP contribution is 2.23. The third-order valence-corrected chi connectivity index (χ3v) is 2.55. The largest absolute Gasteiger partial charge is 0.508 e. The lowest BCUT2D eigenvalue weighted by Gasteiger charge is -2.19. The first kappa shape index (κ1) is 11.1. The first-order chi connectivity index (χ1) is 6.65. The summed E-state index contributed by atoms with van der Waals surface area (Å²) in [5.41, 5.74) is 0.966. The number of aromatic hydroxyl groups is 1. The molecule has 1 aromatic carbocycles. The second kappa shape index (κ2) is 5.01. The van der Waals surface area contributed by atoms with Gasteiger partial charge < -0.3 is 10.4 Å². The molecule has 1 aromatic rings. The zero-order chi connectivity index (χ0) is 10.6. The lowest BCUT2D eigenvalue weighted by Crippen LogP contribution is -2.28. The van der Waals surface area contributed by atoms with E-state index < -0.39 is 0 Å². The van der Waals surface area contributed by atoms with Crippen LogP contribution in [0.5, 0.6) is 5.75 Å². The standard InChI is InChI=1S/C12H19NO/c1-4-9(2)13-10(3)11-7-5-6-8-12(11)14/h5-10,13-14H,4H2,1-3H3/t9-,10+/m1/s1. The highest BCUT2D eigenvalue weighted by molar-refractivity contribution is 5.34. The Hall–Kier alpha value is -1.02. The Balaban J connectivity index is 2.69. The van der Waals surface area contributed by atoms with Crippen molar-refractivity contribution in [1.29, 1.82) is 0 Å². The van der Waals surface area contributed by atoms with E-state index in [9.17, 15) is 5.11 Å². The molecule has 0 radical (unpaired) electrons. The predicted octanol–water partition coefficient (Wildman–Crippen LogP) is 2.84. The van der Waals surface area contributed by atoms with Crippen molar-refractivity contribution >= 4 is 0 Å². The van der Waals surface area contributed by atoms with Crippen LogP contribution in [0.3, 0.4) is 0 Å². The van der Waals surface area contributed by atoms with E-state index in [2.05, 4.69) is 26.1 Å². The molecule has 0 amide bonds. The molecule has 0 heterocycles. The van der Waals surface area contributed by atoms with Gasteiger partial charge in [-0.1, -0.05) is 25.1 Å². The number of nitrogens with one attached hydrogen (secondary N) is 1. The van der Waals surface area contributed by atoms with Crippen molar-refractivity contribution in [3.8, 4) is 5.75 Å². The molecule has 0 bridgehead atoms. The molecule has 0 aromatic heterocycles. The monoisotopic (exact) mass is 193 g/mol. The normalized spacial score (nSPS) is 15.1. The third kappa shape index (κ3) is 2.74. The number of phenols is 1. The van der Waals surface area contributed by atoms with Gasteiger partial charge in [-0.05, 0) is 26.3 Å². The highest BCUT2D eigenvalue weighted by Gasteiger charge is 2.10. The van der Waals surface area contributed by atoms with Crippen molar-refractivity contribution in [2.24, 2.45) is 0 Å². The van der Waals surface area contributed by atoms with Crippen LogP contribution in [-0.2, 0) is 0 Å². The molecular formula is C12H19NO. The SMILES string of the molecule is CC[C@@H](C)N[C@@H](C)c1ccccc1O. The summed E-state index contributed by atoms with van der Waals surface area (Å²) in [6, 6.07) is 8.15. The van der Waals surface area contributed by atoms with Crippen LogP contribution in [0.4, 0.5) is 0 Å². The summed E-state index contributed by atoms with van der Waals surface area (Å²) in [5.74, 6) is 0.371. The third-order valence-electron chi connectivity index (χ3n) is 2.55. The first-order valence-electron chi connectivity index (χ1n) is 5.19. The summed E-state index contributed by atoms with van der Waals surface area (Å²) in [6.07, 6.45) is 1.10. The molecule has 2 heteroatoms. The van der Waals surface area contributed by atoms with Crippen molar-refractivity contribution in [3.05, 3.63) is 29.8 Å². The summed E-state index contributed by atoms with van der Waals surface area (Å²) in [6.45, 7) is 6.37. The number of phenolic OH excluding ortho intramolecular Hbond substituents is 1. The molecule has 78 valence electrons. The number of para-hydroxylation sites is 1. The minimum absolute atomic E-state index is 0.200. The quantitative estimate of drug-likeness (QED) is 0.770. The summed E-state index contributed by atoms with van der Waals surface area (Å²) < 4.78 is 0. The Bertz CT molecular complexity index is 285. The van der Waals surface area contributed by atoms with E-state index in [1.54, 1.807) is 6.07 Å². The zero-order valence-electron chi connectivity index (χ0n) is 9.12. The maximum Gasteiger partial charge on any atom is 0.120 e. The fourth-order valence-electron chi connectivity index (χ4n) is 1.49. The first-order valence-corrected chi connectivity index (χ1v) is 5.19. The van der Waals surface area contributed by atoms with Crippen molar-refractivity contribution in [3.63, 3.8) is 0 Å². The minimum Gasteiger partial charge on any atom is -0.508 e. The van der Waals surface area contributed by atoms with Gasteiger partial charge in [-0.2, -0.15) is 0 Å². The van der Waals surface area contributed by atoms with E-state index >= 15 is 0 Å².